The highest BCUT2D eigenvalue weighted by Crippen LogP contribution is 2.37. The van der Waals surface area contributed by atoms with E-state index in [0.29, 0.717) is 9.71 Å². The van der Waals surface area contributed by atoms with Crippen LogP contribution >= 0.6 is 11.3 Å². The van der Waals surface area contributed by atoms with Gasteiger partial charge in [-0.25, -0.2) is 0 Å². The van der Waals surface area contributed by atoms with Gasteiger partial charge in [-0.05, 0) is 12.1 Å². The SMILES string of the molecule is Cn1nc(C(F)(F)F)c2cc(/C=C\C(N)=O)sc21. The van der Waals surface area contributed by atoms with Crippen molar-refractivity contribution in [2.24, 2.45) is 12.8 Å². The van der Waals surface area contributed by atoms with E-state index in [-0.39, 0.29) is 5.39 Å². The molecule has 0 atom stereocenters. The summed E-state index contributed by atoms with van der Waals surface area (Å²) in [5, 5.41) is 3.47. The van der Waals surface area contributed by atoms with Crippen molar-refractivity contribution in [1.29, 1.82) is 0 Å². The molecule has 2 aromatic heterocycles. The highest BCUT2D eigenvalue weighted by molar-refractivity contribution is 7.19. The summed E-state index contributed by atoms with van der Waals surface area (Å²) in [5.74, 6) is -0.651. The van der Waals surface area contributed by atoms with Crippen molar-refractivity contribution >= 4 is 33.5 Å². The largest absolute Gasteiger partial charge is 0.435 e. The molecule has 0 radical (unpaired) electrons. The number of amides is 1. The van der Waals surface area contributed by atoms with Gasteiger partial charge < -0.3 is 5.73 Å². The number of aryl methyl sites for hydroxylation is 1. The molecule has 8 heteroatoms. The van der Waals surface area contributed by atoms with E-state index in [2.05, 4.69) is 5.10 Å². The first-order valence-corrected chi connectivity index (χ1v) is 5.62. The van der Waals surface area contributed by atoms with Gasteiger partial charge in [0.15, 0.2) is 5.69 Å². The van der Waals surface area contributed by atoms with Crippen molar-refractivity contribution < 1.29 is 18.0 Å². The summed E-state index contributed by atoms with van der Waals surface area (Å²) < 4.78 is 39.2. The number of thiophene rings is 1. The van der Waals surface area contributed by atoms with Crippen molar-refractivity contribution in [3.8, 4) is 0 Å². The number of carbonyl (C=O) groups excluding carboxylic acids is 1. The topological polar surface area (TPSA) is 60.9 Å². The monoisotopic (exact) mass is 275 g/mol. The van der Waals surface area contributed by atoms with E-state index in [1.54, 1.807) is 0 Å². The maximum atomic E-state index is 12.7. The Kier molecular flexibility index (Phi) is 2.89. The predicted molar refractivity (Wildman–Crippen MR) is 61.8 cm³/mol. The van der Waals surface area contributed by atoms with Crippen molar-refractivity contribution in [3.63, 3.8) is 0 Å². The van der Waals surface area contributed by atoms with Crippen LogP contribution in [-0.4, -0.2) is 15.7 Å². The molecule has 0 saturated heterocycles. The summed E-state index contributed by atoms with van der Waals surface area (Å²) >= 11 is 1.11. The van der Waals surface area contributed by atoms with Crippen molar-refractivity contribution in [2.45, 2.75) is 6.18 Å². The molecule has 2 aromatic rings. The summed E-state index contributed by atoms with van der Waals surface area (Å²) in [6.07, 6.45) is -2.01. The molecule has 2 rings (SSSR count). The molecule has 96 valence electrons. The van der Waals surface area contributed by atoms with Gasteiger partial charge in [-0.1, -0.05) is 0 Å². The van der Waals surface area contributed by atoms with Crippen LogP contribution in [0.1, 0.15) is 10.6 Å². The Bertz CT molecular complexity index is 639. The molecule has 0 saturated carbocycles. The van der Waals surface area contributed by atoms with Crippen LogP contribution in [0.15, 0.2) is 12.1 Å². The molecule has 4 nitrogen and oxygen atoms in total. The van der Waals surface area contributed by atoms with Crippen molar-refractivity contribution in [3.05, 3.63) is 22.7 Å². The first-order chi connectivity index (χ1) is 8.29. The molecule has 0 fully saturated rings. The fourth-order valence-corrected chi connectivity index (χ4v) is 2.49. The minimum Gasteiger partial charge on any atom is -0.366 e. The van der Waals surface area contributed by atoms with Crippen LogP contribution in [0.4, 0.5) is 13.2 Å². The molecule has 0 aromatic carbocycles. The van der Waals surface area contributed by atoms with Gasteiger partial charge in [0.1, 0.15) is 4.83 Å². The third-order valence-corrected chi connectivity index (χ3v) is 3.38. The summed E-state index contributed by atoms with van der Waals surface area (Å²) in [6, 6.07) is 1.34. The lowest BCUT2D eigenvalue weighted by Gasteiger charge is -2.00. The Morgan fingerprint density at radius 1 is 1.56 bits per heavy atom. The lowest BCUT2D eigenvalue weighted by Crippen LogP contribution is -2.07. The summed E-state index contributed by atoms with van der Waals surface area (Å²) in [4.78, 5) is 11.5. The van der Waals surface area contributed by atoms with Crippen LogP contribution in [0.2, 0.25) is 0 Å². The predicted octanol–water partition coefficient (Wildman–Crippen LogP) is 2.15. The van der Waals surface area contributed by atoms with Gasteiger partial charge in [0.25, 0.3) is 0 Å². The summed E-state index contributed by atoms with van der Waals surface area (Å²) in [7, 11) is 1.44. The standard InChI is InChI=1S/C10H8F3N3OS/c1-16-9-6(8(15-16)10(11,12)13)4-5(18-9)2-3-7(14)17/h2-4H,1H3,(H2,14,17)/b3-2-. The van der Waals surface area contributed by atoms with Gasteiger partial charge >= 0.3 is 6.18 Å². The molecule has 0 aliphatic heterocycles. The fraction of sp³-hybridized carbons (Fsp3) is 0.200. The molecule has 18 heavy (non-hydrogen) atoms. The molecule has 0 aliphatic carbocycles. The van der Waals surface area contributed by atoms with Gasteiger partial charge in [-0.15, -0.1) is 11.3 Å². The second kappa shape index (κ2) is 4.13. The molecule has 0 aliphatic rings. The third kappa shape index (κ3) is 2.23. The zero-order valence-electron chi connectivity index (χ0n) is 9.15. The number of hydrogen-bond acceptors (Lipinski definition) is 3. The number of primary amides is 1. The molecule has 2 N–H and O–H groups in total. The quantitative estimate of drug-likeness (QED) is 0.854. The molecule has 2 heterocycles. The van der Waals surface area contributed by atoms with Crippen molar-refractivity contribution in [2.75, 3.05) is 0 Å². The number of rotatable bonds is 2. The third-order valence-electron chi connectivity index (χ3n) is 2.21. The maximum Gasteiger partial charge on any atom is 0.435 e. The molecule has 0 bridgehead atoms. The van der Waals surface area contributed by atoms with E-state index in [9.17, 15) is 18.0 Å². The Hall–Kier alpha value is -1.83. The Labute approximate surface area is 103 Å². The highest BCUT2D eigenvalue weighted by atomic mass is 32.1. The average molecular weight is 275 g/mol. The number of aromatic nitrogens is 2. The van der Waals surface area contributed by atoms with Crippen LogP contribution < -0.4 is 5.73 Å². The van der Waals surface area contributed by atoms with E-state index in [4.69, 9.17) is 5.73 Å². The molecule has 0 unspecified atom stereocenters. The Balaban J connectivity index is 2.55. The van der Waals surface area contributed by atoms with Crippen LogP contribution in [0.3, 0.4) is 0 Å². The van der Waals surface area contributed by atoms with E-state index in [0.717, 1.165) is 17.4 Å². The van der Waals surface area contributed by atoms with E-state index < -0.39 is 17.8 Å². The van der Waals surface area contributed by atoms with E-state index in [1.807, 2.05) is 0 Å². The number of nitrogens with zero attached hydrogens (tertiary/aromatic N) is 2. The second-order valence-corrected chi connectivity index (χ2v) is 4.64. The minimum atomic E-state index is -4.49. The zero-order valence-corrected chi connectivity index (χ0v) is 9.97. The summed E-state index contributed by atoms with van der Waals surface area (Å²) in [6.45, 7) is 0. The van der Waals surface area contributed by atoms with Crippen molar-refractivity contribution in [1.82, 2.24) is 9.78 Å². The van der Waals surface area contributed by atoms with Crippen LogP contribution in [-0.2, 0) is 18.0 Å². The molecular weight excluding hydrogens is 267 g/mol. The average Bonchev–Trinajstić information content (AvgIpc) is 2.75. The van der Waals surface area contributed by atoms with Gasteiger partial charge in [0, 0.05) is 23.4 Å². The normalized spacial score (nSPS) is 12.7. The Morgan fingerprint density at radius 2 is 2.22 bits per heavy atom. The smallest absolute Gasteiger partial charge is 0.366 e. The van der Waals surface area contributed by atoms with Crippen LogP contribution in [0.5, 0.6) is 0 Å². The minimum absolute atomic E-state index is 0.0270. The Morgan fingerprint density at radius 3 is 2.78 bits per heavy atom. The fourth-order valence-electron chi connectivity index (χ4n) is 1.52. The number of alkyl halides is 3. The van der Waals surface area contributed by atoms with E-state index in [1.165, 1.54) is 23.9 Å². The highest BCUT2D eigenvalue weighted by Gasteiger charge is 2.37. The van der Waals surface area contributed by atoms with E-state index >= 15 is 0 Å². The number of halogens is 3. The van der Waals surface area contributed by atoms with Gasteiger partial charge in [-0.2, -0.15) is 18.3 Å². The van der Waals surface area contributed by atoms with Gasteiger partial charge in [-0.3, -0.25) is 9.48 Å². The van der Waals surface area contributed by atoms with Crippen LogP contribution in [0.25, 0.3) is 16.3 Å². The molecule has 1 amide bonds. The lowest BCUT2D eigenvalue weighted by molar-refractivity contribution is -0.140. The second-order valence-electron chi connectivity index (χ2n) is 3.57. The lowest BCUT2D eigenvalue weighted by atomic mass is 10.2. The number of nitrogens with two attached hydrogens (primary N) is 1. The number of carbonyl (C=O) groups is 1. The molecule has 0 spiro atoms. The first-order valence-electron chi connectivity index (χ1n) is 4.80. The number of hydrogen-bond donors (Lipinski definition) is 1. The van der Waals surface area contributed by atoms with Gasteiger partial charge in [0.2, 0.25) is 5.91 Å². The molecular formula is C10H8F3N3OS. The van der Waals surface area contributed by atoms with Crippen LogP contribution in [0, 0.1) is 0 Å². The first kappa shape index (κ1) is 12.6. The number of fused-ring (bicyclic) bond motifs is 1. The maximum absolute atomic E-state index is 12.7. The zero-order chi connectivity index (χ0) is 13.5. The van der Waals surface area contributed by atoms with Gasteiger partial charge in [0.05, 0.1) is 0 Å². The summed E-state index contributed by atoms with van der Waals surface area (Å²) in [5.41, 5.74) is 4.00.